The third kappa shape index (κ3) is 10.2. The number of ether oxygens (including phenoxy) is 4. The molecule has 0 radical (unpaired) electrons. The molecule has 1 unspecified atom stereocenters. The Balaban J connectivity index is 2.32. The summed E-state index contributed by atoms with van der Waals surface area (Å²) >= 11 is 0. The van der Waals surface area contributed by atoms with E-state index in [0.717, 1.165) is 5.56 Å². The molecule has 0 aliphatic carbocycles. The Hall–Kier alpha value is -3.35. The molecule has 0 fully saturated rings. The van der Waals surface area contributed by atoms with Crippen molar-refractivity contribution in [3.8, 4) is 5.75 Å². The zero-order chi connectivity index (χ0) is 26.2. The van der Waals surface area contributed by atoms with E-state index < -0.39 is 35.0 Å². The SMILES string of the molecule is COC(=O)c1cc(CC(CC(=O)OC(C)(C)C)C(=O)OC(C)(C)C)cc(OCc2ccccc2)c1. The molecule has 0 saturated heterocycles. The second kappa shape index (κ2) is 11.9. The Labute approximate surface area is 207 Å². The highest BCUT2D eigenvalue weighted by Gasteiger charge is 2.30. The summed E-state index contributed by atoms with van der Waals surface area (Å²) in [5.74, 6) is -1.90. The van der Waals surface area contributed by atoms with Crippen molar-refractivity contribution < 1.29 is 33.3 Å². The highest BCUT2D eigenvalue weighted by Crippen LogP contribution is 2.25. The van der Waals surface area contributed by atoms with Crippen LogP contribution in [0.5, 0.6) is 5.75 Å². The molecule has 1 atom stereocenters. The fraction of sp³-hybridized carbons (Fsp3) is 0.464. The lowest BCUT2D eigenvalue weighted by atomic mass is 9.94. The molecule has 2 aromatic rings. The summed E-state index contributed by atoms with van der Waals surface area (Å²) in [6.07, 6.45) is -0.00444. The molecular weight excluding hydrogens is 448 g/mol. The van der Waals surface area contributed by atoms with Crippen LogP contribution in [0.3, 0.4) is 0 Å². The first-order chi connectivity index (χ1) is 16.3. The Morgan fingerprint density at radius 3 is 2.03 bits per heavy atom. The molecule has 0 heterocycles. The minimum Gasteiger partial charge on any atom is -0.489 e. The fourth-order valence-electron chi connectivity index (χ4n) is 3.33. The number of hydrogen-bond donors (Lipinski definition) is 0. The average molecular weight is 485 g/mol. The number of methoxy groups -OCH3 is 1. The highest BCUT2D eigenvalue weighted by atomic mass is 16.6. The van der Waals surface area contributed by atoms with Gasteiger partial charge in [-0.3, -0.25) is 9.59 Å². The van der Waals surface area contributed by atoms with Crippen molar-refractivity contribution in [3.05, 3.63) is 65.2 Å². The molecule has 190 valence electrons. The molecule has 0 aliphatic heterocycles. The fourth-order valence-corrected chi connectivity index (χ4v) is 3.33. The Bertz CT molecular complexity index is 1010. The van der Waals surface area contributed by atoms with Crippen LogP contribution in [-0.2, 0) is 36.8 Å². The third-order valence-electron chi connectivity index (χ3n) is 4.69. The lowest BCUT2D eigenvalue weighted by Gasteiger charge is -2.25. The van der Waals surface area contributed by atoms with Crippen LogP contribution in [0.1, 0.15) is 69.4 Å². The van der Waals surface area contributed by atoms with Crippen molar-refractivity contribution in [1.82, 2.24) is 0 Å². The molecule has 2 aromatic carbocycles. The van der Waals surface area contributed by atoms with Gasteiger partial charge < -0.3 is 18.9 Å². The van der Waals surface area contributed by atoms with E-state index in [0.29, 0.717) is 17.9 Å². The first-order valence-electron chi connectivity index (χ1n) is 11.6. The Morgan fingerprint density at radius 1 is 0.829 bits per heavy atom. The largest absolute Gasteiger partial charge is 0.489 e. The van der Waals surface area contributed by atoms with Crippen molar-refractivity contribution in [3.63, 3.8) is 0 Å². The predicted octanol–water partition coefficient (Wildman–Crippen LogP) is 5.28. The van der Waals surface area contributed by atoms with E-state index in [9.17, 15) is 14.4 Å². The summed E-state index contributed by atoms with van der Waals surface area (Å²) in [5.41, 5.74) is 0.484. The maximum absolute atomic E-state index is 13.0. The topological polar surface area (TPSA) is 88.1 Å². The number of esters is 3. The van der Waals surface area contributed by atoms with Gasteiger partial charge in [-0.2, -0.15) is 0 Å². The van der Waals surface area contributed by atoms with E-state index in [1.165, 1.54) is 7.11 Å². The molecule has 0 N–H and O–H groups in total. The first-order valence-corrected chi connectivity index (χ1v) is 11.6. The monoisotopic (exact) mass is 484 g/mol. The van der Waals surface area contributed by atoms with E-state index in [2.05, 4.69) is 0 Å². The number of carbonyl (C=O) groups excluding carboxylic acids is 3. The molecule has 7 nitrogen and oxygen atoms in total. The van der Waals surface area contributed by atoms with Gasteiger partial charge in [-0.15, -0.1) is 0 Å². The molecule has 0 amide bonds. The number of benzene rings is 2. The molecule has 0 saturated carbocycles. The van der Waals surface area contributed by atoms with E-state index >= 15 is 0 Å². The third-order valence-corrected chi connectivity index (χ3v) is 4.69. The van der Waals surface area contributed by atoms with Gasteiger partial charge in [-0.1, -0.05) is 30.3 Å². The summed E-state index contributed by atoms with van der Waals surface area (Å²) in [6.45, 7) is 10.9. The standard InChI is InChI=1S/C28H36O7/c1-27(2,3)34-24(29)17-22(26(31)35-28(4,5)6)14-20-13-21(25(30)32-7)16-23(15-20)33-18-19-11-9-8-10-12-19/h8-13,15-16,22H,14,17-18H2,1-7H3. The zero-order valence-electron chi connectivity index (χ0n) is 21.7. The summed E-state index contributed by atoms with van der Waals surface area (Å²) in [5, 5.41) is 0. The van der Waals surface area contributed by atoms with Gasteiger partial charge in [0.25, 0.3) is 0 Å². The van der Waals surface area contributed by atoms with Crippen LogP contribution in [0.2, 0.25) is 0 Å². The summed E-state index contributed by atoms with van der Waals surface area (Å²) in [4.78, 5) is 37.8. The van der Waals surface area contributed by atoms with Crippen molar-refractivity contribution in [1.29, 1.82) is 0 Å². The number of hydrogen-bond acceptors (Lipinski definition) is 7. The van der Waals surface area contributed by atoms with E-state index in [4.69, 9.17) is 18.9 Å². The second-order valence-electron chi connectivity index (χ2n) is 10.4. The quantitative estimate of drug-likeness (QED) is 0.353. The zero-order valence-corrected chi connectivity index (χ0v) is 21.7. The van der Waals surface area contributed by atoms with E-state index in [1.54, 1.807) is 59.7 Å². The van der Waals surface area contributed by atoms with Crippen molar-refractivity contribution in [2.24, 2.45) is 5.92 Å². The number of carbonyl (C=O) groups is 3. The van der Waals surface area contributed by atoms with Crippen LogP contribution in [0.4, 0.5) is 0 Å². The van der Waals surface area contributed by atoms with Crippen molar-refractivity contribution >= 4 is 17.9 Å². The molecule has 0 bridgehead atoms. The molecule has 35 heavy (non-hydrogen) atoms. The number of rotatable bonds is 9. The highest BCUT2D eigenvalue weighted by molar-refractivity contribution is 5.90. The lowest BCUT2D eigenvalue weighted by Crippen LogP contribution is -2.33. The first kappa shape index (κ1) is 27.9. The smallest absolute Gasteiger partial charge is 0.337 e. The van der Waals surface area contributed by atoms with E-state index in [1.807, 2.05) is 30.3 Å². The molecular formula is C28H36O7. The second-order valence-corrected chi connectivity index (χ2v) is 10.4. The van der Waals surface area contributed by atoms with Crippen molar-refractivity contribution in [2.75, 3.05) is 7.11 Å². The molecule has 0 spiro atoms. The normalized spacial score (nSPS) is 12.4. The van der Waals surface area contributed by atoms with Gasteiger partial charge in [0.05, 0.1) is 25.0 Å². The minimum atomic E-state index is -0.807. The lowest BCUT2D eigenvalue weighted by molar-refractivity contribution is -0.167. The van der Waals surface area contributed by atoms with Gasteiger partial charge in [0, 0.05) is 0 Å². The van der Waals surface area contributed by atoms with Crippen LogP contribution >= 0.6 is 0 Å². The van der Waals surface area contributed by atoms with Crippen LogP contribution in [0.25, 0.3) is 0 Å². The predicted molar refractivity (Wildman–Crippen MR) is 132 cm³/mol. The van der Waals surface area contributed by atoms with Crippen LogP contribution in [0, 0.1) is 5.92 Å². The van der Waals surface area contributed by atoms with Crippen molar-refractivity contribution in [2.45, 2.75) is 72.2 Å². The average Bonchev–Trinajstić information content (AvgIpc) is 2.75. The Morgan fingerprint density at radius 2 is 1.46 bits per heavy atom. The van der Waals surface area contributed by atoms with Gasteiger partial charge in [0.2, 0.25) is 0 Å². The Kier molecular flexibility index (Phi) is 9.46. The van der Waals surface area contributed by atoms with Gasteiger partial charge in [-0.25, -0.2) is 4.79 Å². The van der Waals surface area contributed by atoms with Gasteiger partial charge in [0.15, 0.2) is 0 Å². The van der Waals surface area contributed by atoms with E-state index in [-0.39, 0.29) is 18.4 Å². The van der Waals surface area contributed by atoms with Gasteiger partial charge in [0.1, 0.15) is 23.6 Å². The minimum absolute atomic E-state index is 0.153. The summed E-state index contributed by atoms with van der Waals surface area (Å²) in [7, 11) is 1.30. The van der Waals surface area contributed by atoms with Crippen LogP contribution in [0.15, 0.2) is 48.5 Å². The molecule has 0 aliphatic rings. The van der Waals surface area contributed by atoms with Gasteiger partial charge in [-0.05, 0) is 77.3 Å². The van der Waals surface area contributed by atoms with Gasteiger partial charge >= 0.3 is 17.9 Å². The molecule has 7 heteroatoms. The summed E-state index contributed by atoms with van der Waals surface area (Å²) < 4.78 is 21.8. The maximum Gasteiger partial charge on any atom is 0.337 e. The van der Waals surface area contributed by atoms with Crippen LogP contribution in [-0.4, -0.2) is 36.2 Å². The molecule has 0 aromatic heterocycles. The van der Waals surface area contributed by atoms with Crippen LogP contribution < -0.4 is 4.74 Å². The maximum atomic E-state index is 13.0. The molecule has 2 rings (SSSR count). The summed E-state index contributed by atoms with van der Waals surface area (Å²) in [6, 6.07) is 14.6.